The van der Waals surface area contributed by atoms with Gasteiger partial charge in [-0.2, -0.15) is 0 Å². The molecule has 1 aromatic heterocycles. The summed E-state index contributed by atoms with van der Waals surface area (Å²) < 4.78 is 4.89. The van der Waals surface area contributed by atoms with Crippen molar-refractivity contribution in [3.8, 4) is 17.0 Å². The highest BCUT2D eigenvalue weighted by molar-refractivity contribution is 6.08. The molecule has 7 heteroatoms. The number of amides is 1. The summed E-state index contributed by atoms with van der Waals surface area (Å²) in [7, 11) is 1.26. The van der Waals surface area contributed by atoms with Gasteiger partial charge in [0.15, 0.2) is 6.04 Å². The van der Waals surface area contributed by atoms with Crippen LogP contribution in [-0.4, -0.2) is 29.1 Å². The largest absolute Gasteiger partial charge is 0.508 e. The van der Waals surface area contributed by atoms with Gasteiger partial charge in [0, 0.05) is 10.9 Å². The fourth-order valence-corrected chi connectivity index (χ4v) is 3.39. The third-order valence-electron chi connectivity index (χ3n) is 4.97. The molecule has 1 heterocycles. The van der Waals surface area contributed by atoms with Gasteiger partial charge in [-0.05, 0) is 29.8 Å². The van der Waals surface area contributed by atoms with Gasteiger partial charge in [0.2, 0.25) is 0 Å². The van der Waals surface area contributed by atoms with Crippen molar-refractivity contribution in [2.45, 2.75) is 6.04 Å². The van der Waals surface area contributed by atoms with Gasteiger partial charge in [-0.3, -0.25) is 4.79 Å². The minimum absolute atomic E-state index is 0. The maximum absolute atomic E-state index is 13.3. The Balaban J connectivity index is 0.00000289. The lowest BCUT2D eigenvalue weighted by molar-refractivity contribution is -0.143. The molecule has 2 N–H and O–H groups in total. The van der Waals surface area contributed by atoms with Gasteiger partial charge in [-0.25, -0.2) is 9.78 Å². The number of phenolic OH excluding ortho intramolecular Hbond substituents is 1. The van der Waals surface area contributed by atoms with E-state index in [1.54, 1.807) is 18.2 Å². The number of ether oxygens (including phenoxy) is 1. The van der Waals surface area contributed by atoms with E-state index in [-0.39, 0.29) is 18.2 Å². The number of phenols is 1. The van der Waals surface area contributed by atoms with Crippen LogP contribution in [-0.2, 0) is 9.53 Å². The number of carbonyl (C=O) groups is 2. The lowest BCUT2D eigenvalue weighted by Gasteiger charge is -2.18. The van der Waals surface area contributed by atoms with E-state index in [0.29, 0.717) is 27.7 Å². The molecular formula is C25H21ClN2O4. The second kappa shape index (κ2) is 9.94. The normalized spacial score (nSPS) is 11.3. The maximum atomic E-state index is 13.3. The number of aromatic nitrogens is 1. The third-order valence-corrected chi connectivity index (χ3v) is 4.97. The van der Waals surface area contributed by atoms with Gasteiger partial charge >= 0.3 is 5.97 Å². The highest BCUT2D eigenvalue weighted by atomic mass is 35.5. The molecule has 32 heavy (non-hydrogen) atoms. The molecule has 4 aromatic rings. The quantitative estimate of drug-likeness (QED) is 0.433. The van der Waals surface area contributed by atoms with Gasteiger partial charge in [0.1, 0.15) is 5.75 Å². The van der Waals surface area contributed by atoms with Crippen molar-refractivity contribution >= 4 is 35.2 Å². The summed E-state index contributed by atoms with van der Waals surface area (Å²) in [5.41, 5.74) is 3.11. The minimum atomic E-state index is -1.02. The van der Waals surface area contributed by atoms with E-state index in [1.165, 1.54) is 19.2 Å². The fraction of sp³-hybridized carbons (Fsp3) is 0.0800. The third kappa shape index (κ3) is 4.71. The Kier molecular flexibility index (Phi) is 7.07. The van der Waals surface area contributed by atoms with Crippen LogP contribution in [0.3, 0.4) is 0 Å². The summed E-state index contributed by atoms with van der Waals surface area (Å²) in [4.78, 5) is 30.4. The highest BCUT2D eigenvalue weighted by Gasteiger charge is 2.25. The first-order valence-electron chi connectivity index (χ1n) is 9.69. The molecule has 0 fully saturated rings. The number of hydrogen-bond acceptors (Lipinski definition) is 5. The monoisotopic (exact) mass is 448 g/mol. The molecule has 0 saturated carbocycles. The first kappa shape index (κ1) is 22.8. The number of nitrogens with zero attached hydrogens (tertiary/aromatic N) is 1. The number of rotatable bonds is 5. The van der Waals surface area contributed by atoms with Crippen LogP contribution < -0.4 is 5.32 Å². The zero-order chi connectivity index (χ0) is 21.8. The number of para-hydroxylation sites is 1. The number of fused-ring (bicyclic) bond motifs is 1. The molecule has 0 bridgehead atoms. The lowest BCUT2D eigenvalue weighted by atomic mass is 10.0. The Morgan fingerprint density at radius 1 is 0.938 bits per heavy atom. The molecule has 3 aromatic carbocycles. The Morgan fingerprint density at radius 2 is 1.59 bits per heavy atom. The average Bonchev–Trinajstić information content (AvgIpc) is 2.82. The van der Waals surface area contributed by atoms with E-state index >= 15 is 0 Å². The van der Waals surface area contributed by atoms with E-state index in [4.69, 9.17) is 4.74 Å². The zero-order valence-electron chi connectivity index (χ0n) is 17.2. The van der Waals surface area contributed by atoms with Crippen LogP contribution in [0.5, 0.6) is 5.75 Å². The smallest absolute Gasteiger partial charge is 0.333 e. The van der Waals surface area contributed by atoms with E-state index in [0.717, 1.165) is 5.56 Å². The number of aromatic hydroxyl groups is 1. The van der Waals surface area contributed by atoms with Crippen LogP contribution >= 0.6 is 12.4 Å². The number of benzene rings is 3. The van der Waals surface area contributed by atoms with E-state index in [1.807, 2.05) is 54.6 Å². The SMILES string of the molecule is COC(=O)C(NC(=O)c1cc(-c2ccccc2)nc2ccccc12)c1ccc(O)cc1.Cl. The number of pyridine rings is 1. The Bertz CT molecular complexity index is 1240. The van der Waals surface area contributed by atoms with Crippen LogP contribution in [0.2, 0.25) is 0 Å². The van der Waals surface area contributed by atoms with Crippen molar-refractivity contribution in [2.75, 3.05) is 7.11 Å². The van der Waals surface area contributed by atoms with E-state index < -0.39 is 17.9 Å². The predicted octanol–water partition coefficient (Wildman–Crippen LogP) is 4.67. The van der Waals surface area contributed by atoms with E-state index in [9.17, 15) is 14.7 Å². The van der Waals surface area contributed by atoms with E-state index in [2.05, 4.69) is 10.3 Å². The van der Waals surface area contributed by atoms with Gasteiger partial charge in [-0.1, -0.05) is 60.7 Å². The number of methoxy groups -OCH3 is 1. The van der Waals surface area contributed by atoms with Crippen LogP contribution in [0.4, 0.5) is 0 Å². The zero-order valence-corrected chi connectivity index (χ0v) is 18.0. The molecule has 162 valence electrons. The van der Waals surface area contributed by atoms with Gasteiger partial charge in [0.05, 0.1) is 23.9 Å². The molecule has 6 nitrogen and oxygen atoms in total. The molecule has 1 unspecified atom stereocenters. The molecular weight excluding hydrogens is 428 g/mol. The van der Waals surface area contributed by atoms with Crippen LogP contribution in [0, 0.1) is 0 Å². The first-order valence-corrected chi connectivity index (χ1v) is 9.69. The van der Waals surface area contributed by atoms with Crippen molar-refractivity contribution in [1.82, 2.24) is 10.3 Å². The van der Waals surface area contributed by atoms with Crippen molar-refractivity contribution in [3.05, 3.63) is 96.1 Å². The number of esters is 1. The molecule has 1 amide bonds. The first-order chi connectivity index (χ1) is 15.1. The van der Waals surface area contributed by atoms with Crippen molar-refractivity contribution < 1.29 is 19.4 Å². The Hall–Kier alpha value is -3.90. The molecule has 0 aliphatic carbocycles. The van der Waals surface area contributed by atoms with Gasteiger partial charge < -0.3 is 15.2 Å². The molecule has 1 atom stereocenters. The summed E-state index contributed by atoms with van der Waals surface area (Å²) in [6.07, 6.45) is 0. The Morgan fingerprint density at radius 3 is 2.28 bits per heavy atom. The molecule has 4 rings (SSSR count). The number of nitrogens with one attached hydrogen (secondary N) is 1. The maximum Gasteiger partial charge on any atom is 0.333 e. The number of halogens is 1. The second-order valence-corrected chi connectivity index (χ2v) is 6.96. The number of carbonyl (C=O) groups excluding carboxylic acids is 2. The topological polar surface area (TPSA) is 88.5 Å². The van der Waals surface area contributed by atoms with Crippen LogP contribution in [0.15, 0.2) is 84.9 Å². The van der Waals surface area contributed by atoms with Crippen molar-refractivity contribution in [2.24, 2.45) is 0 Å². The summed E-state index contributed by atoms with van der Waals surface area (Å²) in [6.45, 7) is 0. The Labute approximate surface area is 191 Å². The second-order valence-electron chi connectivity index (χ2n) is 6.96. The highest BCUT2D eigenvalue weighted by Crippen LogP contribution is 2.26. The van der Waals surface area contributed by atoms with Crippen LogP contribution in [0.25, 0.3) is 22.2 Å². The fourth-order valence-electron chi connectivity index (χ4n) is 3.39. The summed E-state index contributed by atoms with van der Waals surface area (Å²) in [5.74, 6) is -0.980. The molecule has 0 aliphatic heterocycles. The predicted molar refractivity (Wildman–Crippen MR) is 125 cm³/mol. The van der Waals surface area contributed by atoms with Gasteiger partial charge in [0.25, 0.3) is 5.91 Å². The molecule has 0 radical (unpaired) electrons. The number of hydrogen-bond donors (Lipinski definition) is 2. The lowest BCUT2D eigenvalue weighted by Crippen LogP contribution is -2.34. The standard InChI is InChI=1S/C25H20N2O4.ClH/c1-31-25(30)23(17-11-13-18(28)14-12-17)27-24(29)20-15-22(16-7-3-2-4-8-16)26-21-10-6-5-9-19(20)21;/h2-15,23,28H,1H3,(H,27,29);1H. The molecule has 0 aliphatic rings. The molecule has 0 spiro atoms. The van der Waals surface area contributed by atoms with Crippen molar-refractivity contribution in [3.63, 3.8) is 0 Å². The minimum Gasteiger partial charge on any atom is -0.508 e. The summed E-state index contributed by atoms with van der Waals surface area (Å²) in [5, 5.41) is 13.0. The van der Waals surface area contributed by atoms with Crippen LogP contribution in [0.1, 0.15) is 22.0 Å². The summed E-state index contributed by atoms with van der Waals surface area (Å²) in [6, 6.07) is 23.7. The van der Waals surface area contributed by atoms with Gasteiger partial charge in [-0.15, -0.1) is 12.4 Å². The average molecular weight is 449 g/mol. The molecule has 0 saturated heterocycles. The van der Waals surface area contributed by atoms with Crippen molar-refractivity contribution in [1.29, 1.82) is 0 Å². The summed E-state index contributed by atoms with van der Waals surface area (Å²) >= 11 is 0.